The van der Waals surface area contributed by atoms with Crippen molar-refractivity contribution in [1.82, 2.24) is 20.5 Å². The normalized spacial score (nSPS) is 15.4. The quantitative estimate of drug-likeness (QED) is 0.883. The van der Waals surface area contributed by atoms with E-state index in [-0.39, 0.29) is 23.4 Å². The van der Waals surface area contributed by atoms with Crippen LogP contribution in [0.1, 0.15) is 48.7 Å². The van der Waals surface area contributed by atoms with Crippen LogP contribution in [0.3, 0.4) is 0 Å². The van der Waals surface area contributed by atoms with E-state index in [0.29, 0.717) is 11.3 Å². The highest BCUT2D eigenvalue weighted by molar-refractivity contribution is 5.95. The predicted molar refractivity (Wildman–Crippen MR) is 95.9 cm³/mol. The predicted octanol–water partition coefficient (Wildman–Crippen LogP) is 1.69. The number of anilines is 1. The van der Waals surface area contributed by atoms with E-state index in [1.807, 2.05) is 26.0 Å². The highest BCUT2D eigenvalue weighted by Gasteiger charge is 2.23. The Morgan fingerprint density at radius 2 is 2.04 bits per heavy atom. The third kappa shape index (κ3) is 4.04. The summed E-state index contributed by atoms with van der Waals surface area (Å²) in [6, 6.07) is 6.95. The lowest BCUT2D eigenvalue weighted by Crippen LogP contribution is -2.45. The monoisotopic (exact) mass is 341 g/mol. The van der Waals surface area contributed by atoms with Gasteiger partial charge in [-0.3, -0.25) is 9.59 Å². The molecule has 2 N–H and O–H groups in total. The maximum absolute atomic E-state index is 12.6. The largest absolute Gasteiger partial charge is 0.355 e. The summed E-state index contributed by atoms with van der Waals surface area (Å²) in [5, 5.41) is 11.1. The van der Waals surface area contributed by atoms with Crippen molar-refractivity contribution in [2.45, 2.75) is 38.6 Å². The van der Waals surface area contributed by atoms with Crippen molar-refractivity contribution in [3.63, 3.8) is 0 Å². The van der Waals surface area contributed by atoms with E-state index in [9.17, 15) is 9.59 Å². The summed E-state index contributed by atoms with van der Waals surface area (Å²) >= 11 is 0. The van der Waals surface area contributed by atoms with Crippen LogP contribution in [-0.4, -0.2) is 40.2 Å². The Bertz CT molecular complexity index is 780. The maximum atomic E-state index is 12.6. The number of piperidine rings is 1. The molecule has 132 valence electrons. The molecule has 3 heterocycles. The molecule has 25 heavy (non-hydrogen) atoms. The molecule has 1 amide bonds. The van der Waals surface area contributed by atoms with Gasteiger partial charge in [-0.25, -0.2) is 0 Å². The Morgan fingerprint density at radius 1 is 1.28 bits per heavy atom. The highest BCUT2D eigenvalue weighted by Crippen LogP contribution is 2.19. The van der Waals surface area contributed by atoms with Gasteiger partial charge in [-0.05, 0) is 37.0 Å². The molecule has 7 heteroatoms. The van der Waals surface area contributed by atoms with E-state index in [4.69, 9.17) is 0 Å². The maximum Gasteiger partial charge on any atom is 0.253 e. The summed E-state index contributed by atoms with van der Waals surface area (Å²) in [6.07, 6.45) is 3.36. The zero-order chi connectivity index (χ0) is 17.8. The average molecular weight is 341 g/mol. The molecule has 0 aromatic carbocycles. The molecule has 0 bridgehead atoms. The van der Waals surface area contributed by atoms with E-state index in [1.165, 1.54) is 6.07 Å². The standard InChI is InChI=1S/C18H23N5O2/c1-12(2)17-14(5-6-16(24)21-17)18(25)20-13-7-10-23(11-8-13)15-4-3-9-19-22-15/h3-6,9,12-13H,7-8,10-11H2,1-2H3,(H,20,25)(H,21,24). The molecule has 1 saturated heterocycles. The van der Waals surface area contributed by atoms with Crippen molar-refractivity contribution < 1.29 is 4.79 Å². The van der Waals surface area contributed by atoms with Crippen molar-refractivity contribution in [3.8, 4) is 0 Å². The van der Waals surface area contributed by atoms with Crippen LogP contribution >= 0.6 is 0 Å². The van der Waals surface area contributed by atoms with Gasteiger partial charge in [-0.2, -0.15) is 5.10 Å². The molecule has 0 aliphatic carbocycles. The minimum atomic E-state index is -0.183. The summed E-state index contributed by atoms with van der Waals surface area (Å²) in [5.74, 6) is 0.820. The SMILES string of the molecule is CC(C)c1[nH]c(=O)ccc1C(=O)NC1CCN(c2cccnn2)CC1. The Kier molecular flexibility index (Phi) is 5.11. The Balaban J connectivity index is 1.63. The van der Waals surface area contributed by atoms with E-state index >= 15 is 0 Å². The molecule has 7 nitrogen and oxygen atoms in total. The second-order valence-electron chi connectivity index (χ2n) is 6.62. The van der Waals surface area contributed by atoms with Crippen LogP contribution in [0.4, 0.5) is 5.82 Å². The minimum Gasteiger partial charge on any atom is -0.355 e. The fourth-order valence-corrected chi connectivity index (χ4v) is 3.12. The van der Waals surface area contributed by atoms with Crippen LogP contribution in [-0.2, 0) is 0 Å². The number of carbonyl (C=O) groups is 1. The second-order valence-corrected chi connectivity index (χ2v) is 6.62. The van der Waals surface area contributed by atoms with E-state index in [1.54, 1.807) is 12.3 Å². The molecule has 0 unspecified atom stereocenters. The topological polar surface area (TPSA) is 91.0 Å². The van der Waals surface area contributed by atoms with Gasteiger partial charge in [-0.1, -0.05) is 13.8 Å². The lowest BCUT2D eigenvalue weighted by Gasteiger charge is -2.33. The summed E-state index contributed by atoms with van der Waals surface area (Å²) in [5.41, 5.74) is 1.05. The van der Waals surface area contributed by atoms with Gasteiger partial charge < -0.3 is 15.2 Å². The van der Waals surface area contributed by atoms with Crippen LogP contribution < -0.4 is 15.8 Å². The summed E-state index contributed by atoms with van der Waals surface area (Å²) in [7, 11) is 0. The number of nitrogens with zero attached hydrogens (tertiary/aromatic N) is 3. The van der Waals surface area contributed by atoms with Crippen LogP contribution in [0.25, 0.3) is 0 Å². The lowest BCUT2D eigenvalue weighted by molar-refractivity contribution is 0.0929. The molecule has 1 fully saturated rings. The molecule has 2 aromatic heterocycles. The summed E-state index contributed by atoms with van der Waals surface area (Å²) in [6.45, 7) is 5.57. The third-order valence-corrected chi connectivity index (χ3v) is 4.48. The molecular formula is C18H23N5O2. The smallest absolute Gasteiger partial charge is 0.253 e. The zero-order valence-electron chi connectivity index (χ0n) is 14.5. The second kappa shape index (κ2) is 7.46. The fraction of sp³-hybridized carbons (Fsp3) is 0.444. The molecule has 0 radical (unpaired) electrons. The molecule has 3 rings (SSSR count). The van der Waals surface area contributed by atoms with Gasteiger partial charge in [0.1, 0.15) is 0 Å². The van der Waals surface area contributed by atoms with Crippen LogP contribution in [0.2, 0.25) is 0 Å². The zero-order valence-corrected chi connectivity index (χ0v) is 14.5. The number of H-pyrrole nitrogens is 1. The van der Waals surface area contributed by atoms with Crippen molar-refractivity contribution in [2.24, 2.45) is 0 Å². The van der Waals surface area contributed by atoms with Crippen LogP contribution in [0, 0.1) is 0 Å². The number of hydrogen-bond acceptors (Lipinski definition) is 5. The Hall–Kier alpha value is -2.70. The van der Waals surface area contributed by atoms with E-state index in [2.05, 4.69) is 25.4 Å². The molecule has 2 aromatic rings. The fourth-order valence-electron chi connectivity index (χ4n) is 3.12. The molecule has 0 saturated carbocycles. The first kappa shape index (κ1) is 17.1. The van der Waals surface area contributed by atoms with Gasteiger partial charge in [0.05, 0.1) is 5.56 Å². The number of hydrogen-bond donors (Lipinski definition) is 2. The molecule has 1 aliphatic heterocycles. The first-order valence-corrected chi connectivity index (χ1v) is 8.61. The average Bonchev–Trinajstić information content (AvgIpc) is 2.63. The van der Waals surface area contributed by atoms with Gasteiger partial charge in [0, 0.05) is 37.1 Å². The van der Waals surface area contributed by atoms with E-state index in [0.717, 1.165) is 31.7 Å². The Labute approximate surface area is 146 Å². The Morgan fingerprint density at radius 3 is 2.68 bits per heavy atom. The van der Waals surface area contributed by atoms with Crippen LogP contribution in [0.5, 0.6) is 0 Å². The number of aromatic amines is 1. The summed E-state index contributed by atoms with van der Waals surface area (Å²) < 4.78 is 0. The first-order chi connectivity index (χ1) is 12.0. The molecule has 0 atom stereocenters. The third-order valence-electron chi connectivity index (χ3n) is 4.48. The van der Waals surface area contributed by atoms with Crippen molar-refractivity contribution in [1.29, 1.82) is 0 Å². The minimum absolute atomic E-state index is 0.0770. The van der Waals surface area contributed by atoms with Crippen molar-refractivity contribution in [2.75, 3.05) is 18.0 Å². The van der Waals surface area contributed by atoms with Gasteiger partial charge in [0.25, 0.3) is 5.91 Å². The first-order valence-electron chi connectivity index (χ1n) is 8.61. The van der Waals surface area contributed by atoms with Gasteiger partial charge >= 0.3 is 0 Å². The number of pyridine rings is 1. The highest BCUT2D eigenvalue weighted by atomic mass is 16.2. The van der Waals surface area contributed by atoms with Gasteiger partial charge in [-0.15, -0.1) is 5.10 Å². The number of nitrogens with one attached hydrogen (secondary N) is 2. The number of carbonyl (C=O) groups excluding carboxylic acids is 1. The molecule has 0 spiro atoms. The van der Waals surface area contributed by atoms with Gasteiger partial charge in [0.15, 0.2) is 5.82 Å². The van der Waals surface area contributed by atoms with Crippen molar-refractivity contribution >= 4 is 11.7 Å². The number of rotatable bonds is 4. The number of amides is 1. The van der Waals surface area contributed by atoms with Gasteiger partial charge in [0.2, 0.25) is 5.56 Å². The summed E-state index contributed by atoms with van der Waals surface area (Å²) in [4.78, 5) is 29.1. The lowest BCUT2D eigenvalue weighted by atomic mass is 10.0. The number of aromatic nitrogens is 3. The van der Waals surface area contributed by atoms with E-state index < -0.39 is 0 Å². The van der Waals surface area contributed by atoms with Crippen LogP contribution in [0.15, 0.2) is 35.3 Å². The van der Waals surface area contributed by atoms with Crippen molar-refractivity contribution in [3.05, 3.63) is 52.1 Å². The molecular weight excluding hydrogens is 318 g/mol. The molecule has 1 aliphatic rings.